The zero-order valence-electron chi connectivity index (χ0n) is 18.7. The third-order valence-corrected chi connectivity index (χ3v) is 5.49. The summed E-state index contributed by atoms with van der Waals surface area (Å²) in [5.74, 6) is -0.377. The number of carbonyl (C=O) groups is 1. The van der Waals surface area contributed by atoms with E-state index >= 15 is 0 Å². The fraction of sp³-hybridized carbons (Fsp3) is 0.0833. The number of aryl methyl sites for hydroxylation is 1. The van der Waals surface area contributed by atoms with Crippen molar-refractivity contribution in [1.29, 1.82) is 0 Å². The molecule has 0 radical (unpaired) electrons. The zero-order valence-corrected chi connectivity index (χ0v) is 18.7. The standard InChI is InChI=1S/C24H19FN8O2/c1-13-11-17(9-10-19(13)25)33-24(35)21(14(2)30-33)27-26-20-8-4-7-18(22(20)34)15-5-3-6-16(12-15)23-28-31-32-29-23/h3-12,26,34H,1-2H3,(H,28,29,31,32). The topological polar surface area (TPSA) is 132 Å². The molecule has 0 aliphatic carbocycles. The number of aromatic nitrogens is 4. The molecule has 0 saturated carbocycles. The van der Waals surface area contributed by atoms with E-state index in [4.69, 9.17) is 0 Å². The molecule has 1 aliphatic heterocycles. The van der Waals surface area contributed by atoms with Crippen molar-refractivity contribution < 1.29 is 14.3 Å². The Balaban J connectivity index is 1.41. The van der Waals surface area contributed by atoms with E-state index < -0.39 is 5.91 Å². The molecular weight excluding hydrogens is 451 g/mol. The number of carbonyl (C=O) groups excluding carboxylic acids is 1. The third-order valence-electron chi connectivity index (χ3n) is 5.49. The molecule has 4 aromatic rings. The van der Waals surface area contributed by atoms with Crippen molar-refractivity contribution in [1.82, 2.24) is 20.6 Å². The summed E-state index contributed by atoms with van der Waals surface area (Å²) in [4.78, 5) is 12.9. The number of rotatable bonds is 5. The summed E-state index contributed by atoms with van der Waals surface area (Å²) >= 11 is 0. The van der Waals surface area contributed by atoms with Gasteiger partial charge in [0.1, 0.15) is 11.6 Å². The number of halogens is 1. The number of para-hydroxylation sites is 1. The smallest absolute Gasteiger partial charge is 0.301 e. The van der Waals surface area contributed by atoms with Gasteiger partial charge in [-0.2, -0.15) is 15.2 Å². The lowest BCUT2D eigenvalue weighted by Crippen LogP contribution is -2.28. The Bertz CT molecular complexity index is 1500. The van der Waals surface area contributed by atoms with Gasteiger partial charge in [-0.15, -0.1) is 5.10 Å². The van der Waals surface area contributed by atoms with Crippen molar-refractivity contribution >= 4 is 28.7 Å². The summed E-state index contributed by atoms with van der Waals surface area (Å²) in [7, 11) is 0. The van der Waals surface area contributed by atoms with Crippen LogP contribution in [0, 0.1) is 12.7 Å². The fourth-order valence-electron chi connectivity index (χ4n) is 3.66. The van der Waals surface area contributed by atoms with Crippen LogP contribution >= 0.6 is 0 Å². The Morgan fingerprint density at radius 1 is 1.06 bits per heavy atom. The second-order valence-electron chi connectivity index (χ2n) is 7.84. The quantitative estimate of drug-likeness (QED) is 0.300. The number of nitrogens with one attached hydrogen (secondary N) is 2. The number of anilines is 2. The summed E-state index contributed by atoms with van der Waals surface area (Å²) < 4.78 is 13.6. The molecule has 1 aliphatic rings. The van der Waals surface area contributed by atoms with E-state index in [-0.39, 0.29) is 17.3 Å². The van der Waals surface area contributed by atoms with E-state index in [0.717, 1.165) is 11.1 Å². The Morgan fingerprint density at radius 2 is 1.86 bits per heavy atom. The number of benzene rings is 3. The summed E-state index contributed by atoms with van der Waals surface area (Å²) in [5.41, 5.74) is 6.42. The first-order valence-corrected chi connectivity index (χ1v) is 10.6. The van der Waals surface area contributed by atoms with Crippen LogP contribution in [-0.4, -0.2) is 43.1 Å². The maximum atomic E-state index is 13.6. The van der Waals surface area contributed by atoms with Crippen molar-refractivity contribution in [2.45, 2.75) is 13.8 Å². The van der Waals surface area contributed by atoms with E-state index in [1.165, 1.54) is 17.1 Å². The van der Waals surface area contributed by atoms with E-state index in [2.05, 4.69) is 36.3 Å². The molecule has 0 atom stereocenters. The number of aromatic amines is 1. The maximum Gasteiger partial charge on any atom is 0.301 e. The van der Waals surface area contributed by atoms with E-state index in [0.29, 0.717) is 34.0 Å². The van der Waals surface area contributed by atoms with Crippen LogP contribution in [-0.2, 0) is 4.79 Å². The fourth-order valence-corrected chi connectivity index (χ4v) is 3.66. The monoisotopic (exact) mass is 470 g/mol. The molecule has 174 valence electrons. The average molecular weight is 470 g/mol. The lowest BCUT2D eigenvalue weighted by atomic mass is 10.0. The molecule has 5 rings (SSSR count). The van der Waals surface area contributed by atoms with E-state index in [1.54, 1.807) is 38.1 Å². The van der Waals surface area contributed by atoms with Crippen LogP contribution in [0.25, 0.3) is 22.5 Å². The SMILES string of the molecule is CC1=NN(c2ccc(F)c(C)c2)C(=O)C1=NNc1cccc(-c2cccc(-c3nnn[nH]3)c2)c1O. The number of tetrazole rings is 1. The number of hydrazone groups is 2. The maximum absolute atomic E-state index is 13.6. The van der Waals surface area contributed by atoms with Crippen molar-refractivity contribution in [3.05, 3.63) is 72.0 Å². The molecule has 1 aromatic heterocycles. The van der Waals surface area contributed by atoms with Gasteiger partial charge in [0.2, 0.25) is 0 Å². The molecule has 0 bridgehead atoms. The number of H-pyrrole nitrogens is 1. The number of aromatic hydroxyl groups is 1. The Morgan fingerprint density at radius 3 is 2.63 bits per heavy atom. The highest BCUT2D eigenvalue weighted by atomic mass is 19.1. The summed E-state index contributed by atoms with van der Waals surface area (Å²) in [6, 6.07) is 16.8. The van der Waals surface area contributed by atoms with Gasteiger partial charge in [-0.05, 0) is 65.7 Å². The third kappa shape index (κ3) is 4.10. The highest BCUT2D eigenvalue weighted by molar-refractivity contribution is 6.71. The summed E-state index contributed by atoms with van der Waals surface area (Å²) in [6.45, 7) is 3.26. The van der Waals surface area contributed by atoms with Gasteiger partial charge in [0.25, 0.3) is 0 Å². The number of hydrogen-bond acceptors (Lipinski definition) is 8. The lowest BCUT2D eigenvalue weighted by Gasteiger charge is -2.12. The molecule has 0 fully saturated rings. The van der Waals surface area contributed by atoms with Crippen molar-refractivity contribution in [3.63, 3.8) is 0 Å². The molecule has 3 N–H and O–H groups in total. The first kappa shape index (κ1) is 21.9. The van der Waals surface area contributed by atoms with Gasteiger partial charge in [-0.3, -0.25) is 10.2 Å². The molecule has 0 spiro atoms. The first-order valence-electron chi connectivity index (χ1n) is 10.6. The predicted molar refractivity (Wildman–Crippen MR) is 130 cm³/mol. The first-order chi connectivity index (χ1) is 16.9. The molecule has 10 nitrogen and oxygen atoms in total. The summed E-state index contributed by atoms with van der Waals surface area (Å²) in [5, 5.41) is 34.3. The van der Waals surface area contributed by atoms with Crippen LogP contribution in [0.1, 0.15) is 12.5 Å². The van der Waals surface area contributed by atoms with Gasteiger partial charge in [0, 0.05) is 11.1 Å². The molecular formula is C24H19FN8O2. The zero-order chi connectivity index (χ0) is 24.5. The van der Waals surface area contributed by atoms with Gasteiger partial charge < -0.3 is 5.11 Å². The molecule has 11 heteroatoms. The second kappa shape index (κ2) is 8.78. The van der Waals surface area contributed by atoms with E-state index in [9.17, 15) is 14.3 Å². The minimum atomic E-state index is -0.468. The minimum absolute atomic E-state index is 0.0456. The van der Waals surface area contributed by atoms with Crippen molar-refractivity contribution in [3.8, 4) is 28.3 Å². The molecule has 1 amide bonds. The highest BCUT2D eigenvalue weighted by Gasteiger charge is 2.31. The van der Waals surface area contributed by atoms with Crippen LogP contribution in [0.4, 0.5) is 15.8 Å². The van der Waals surface area contributed by atoms with Gasteiger partial charge in [-0.1, -0.05) is 30.3 Å². The van der Waals surface area contributed by atoms with Gasteiger partial charge in [-0.25, -0.2) is 9.49 Å². The summed E-state index contributed by atoms with van der Waals surface area (Å²) in [6.07, 6.45) is 0. The largest absolute Gasteiger partial charge is 0.505 e. The van der Waals surface area contributed by atoms with Crippen LogP contribution in [0.2, 0.25) is 0 Å². The van der Waals surface area contributed by atoms with Crippen LogP contribution in [0.3, 0.4) is 0 Å². The predicted octanol–water partition coefficient (Wildman–Crippen LogP) is 3.88. The number of phenols is 1. The molecule has 35 heavy (non-hydrogen) atoms. The number of hydrogen-bond donors (Lipinski definition) is 3. The normalized spacial score (nSPS) is 14.5. The number of phenolic OH excluding ortho intramolecular Hbond substituents is 1. The Kier molecular flexibility index (Phi) is 5.49. The van der Waals surface area contributed by atoms with Crippen molar-refractivity contribution in [2.75, 3.05) is 10.4 Å². The van der Waals surface area contributed by atoms with Crippen LogP contribution in [0.5, 0.6) is 5.75 Å². The second-order valence-corrected chi connectivity index (χ2v) is 7.84. The molecule has 2 heterocycles. The average Bonchev–Trinajstić information content (AvgIpc) is 3.49. The molecule has 0 unspecified atom stereocenters. The molecule has 3 aromatic carbocycles. The lowest BCUT2D eigenvalue weighted by molar-refractivity contribution is -0.112. The number of amides is 1. The van der Waals surface area contributed by atoms with E-state index in [1.807, 2.05) is 24.3 Å². The number of nitrogens with zero attached hydrogens (tertiary/aromatic N) is 6. The van der Waals surface area contributed by atoms with Crippen LogP contribution in [0.15, 0.2) is 70.9 Å². The van der Waals surface area contributed by atoms with Crippen LogP contribution < -0.4 is 10.4 Å². The Hall–Kier alpha value is -4.93. The van der Waals surface area contributed by atoms with Crippen molar-refractivity contribution in [2.24, 2.45) is 10.2 Å². The Labute approximate surface area is 198 Å². The highest BCUT2D eigenvalue weighted by Crippen LogP contribution is 2.36. The van der Waals surface area contributed by atoms with Gasteiger partial charge >= 0.3 is 5.91 Å². The van der Waals surface area contributed by atoms with Gasteiger partial charge in [0.05, 0.1) is 17.1 Å². The minimum Gasteiger partial charge on any atom is -0.505 e. The van der Waals surface area contributed by atoms with Gasteiger partial charge in [0.15, 0.2) is 11.5 Å². The molecule has 0 saturated heterocycles.